The van der Waals surface area contributed by atoms with Gasteiger partial charge in [0.25, 0.3) is 5.91 Å². The van der Waals surface area contributed by atoms with Crippen LogP contribution < -0.4 is 16.6 Å². The minimum absolute atomic E-state index is 0.294. The smallest absolute Gasteiger partial charge is 0.257 e. The van der Waals surface area contributed by atoms with E-state index in [1.807, 2.05) is 0 Å². The Morgan fingerprint density at radius 3 is 2.78 bits per heavy atom. The van der Waals surface area contributed by atoms with Gasteiger partial charge in [-0.05, 0) is 19.1 Å². The number of hydrogen-bond acceptors (Lipinski definition) is 6. The first-order chi connectivity index (χ1) is 8.69. The van der Waals surface area contributed by atoms with E-state index in [1.54, 1.807) is 19.1 Å². The Labute approximate surface area is 103 Å². The highest BCUT2D eigenvalue weighted by atomic mass is 16.1. The van der Waals surface area contributed by atoms with Crippen molar-refractivity contribution >= 4 is 17.5 Å². The Bertz CT molecular complexity index is 557. The molecule has 2 aromatic heterocycles. The number of carbonyl (C=O) groups excluding carboxylic acids is 1. The van der Waals surface area contributed by atoms with Crippen molar-refractivity contribution in [1.82, 2.24) is 15.0 Å². The topological polar surface area (TPSA) is 106 Å². The van der Waals surface area contributed by atoms with Crippen LogP contribution in [0.3, 0.4) is 0 Å². The van der Waals surface area contributed by atoms with E-state index in [4.69, 9.17) is 5.84 Å². The molecule has 0 saturated heterocycles. The molecule has 0 radical (unpaired) electrons. The maximum Gasteiger partial charge on any atom is 0.257 e. The van der Waals surface area contributed by atoms with Crippen LogP contribution in [-0.4, -0.2) is 20.9 Å². The molecule has 7 nitrogen and oxygen atoms in total. The third-order valence-electron chi connectivity index (χ3n) is 2.17. The maximum absolute atomic E-state index is 12.0. The number of aromatic nitrogens is 3. The Balaban J connectivity index is 2.21. The highest BCUT2D eigenvalue weighted by molar-refractivity contribution is 6.04. The largest absolute Gasteiger partial charge is 0.308 e. The zero-order valence-electron chi connectivity index (χ0n) is 9.71. The van der Waals surface area contributed by atoms with E-state index >= 15 is 0 Å². The van der Waals surface area contributed by atoms with Gasteiger partial charge in [-0.25, -0.2) is 15.8 Å². The van der Waals surface area contributed by atoms with E-state index in [0.717, 1.165) is 0 Å². The molecule has 2 heterocycles. The minimum atomic E-state index is -0.294. The molecular formula is C11H12N6O. The second kappa shape index (κ2) is 5.19. The number of hydrazine groups is 1. The molecule has 0 saturated carbocycles. The molecular weight excluding hydrogens is 232 g/mol. The summed E-state index contributed by atoms with van der Waals surface area (Å²) in [5.74, 6) is 5.80. The van der Waals surface area contributed by atoms with E-state index in [0.29, 0.717) is 22.9 Å². The summed E-state index contributed by atoms with van der Waals surface area (Å²) >= 11 is 0. The number of pyridine rings is 1. The van der Waals surface area contributed by atoms with Gasteiger partial charge >= 0.3 is 0 Å². The summed E-state index contributed by atoms with van der Waals surface area (Å²) in [6.45, 7) is 1.78. The van der Waals surface area contributed by atoms with Gasteiger partial charge in [-0.15, -0.1) is 0 Å². The molecule has 0 aliphatic rings. The third kappa shape index (κ3) is 2.77. The van der Waals surface area contributed by atoms with Crippen molar-refractivity contribution in [3.05, 3.63) is 42.0 Å². The third-order valence-corrected chi connectivity index (χ3v) is 2.17. The Kier molecular flexibility index (Phi) is 3.44. The maximum atomic E-state index is 12.0. The molecule has 7 heteroatoms. The lowest BCUT2D eigenvalue weighted by Crippen LogP contribution is -2.15. The zero-order chi connectivity index (χ0) is 13.0. The lowest BCUT2D eigenvalue weighted by molar-refractivity contribution is 0.102. The zero-order valence-corrected chi connectivity index (χ0v) is 9.71. The van der Waals surface area contributed by atoms with Crippen LogP contribution in [0.1, 0.15) is 16.1 Å². The summed E-state index contributed by atoms with van der Waals surface area (Å²) in [5.41, 5.74) is 3.54. The van der Waals surface area contributed by atoms with E-state index in [2.05, 4.69) is 25.7 Å². The van der Waals surface area contributed by atoms with Crippen LogP contribution in [0, 0.1) is 6.92 Å². The molecule has 0 bridgehead atoms. The van der Waals surface area contributed by atoms with Gasteiger partial charge in [-0.1, -0.05) is 0 Å². The first kappa shape index (κ1) is 11.9. The number of aryl methyl sites for hydroxylation is 1. The summed E-state index contributed by atoms with van der Waals surface area (Å²) in [5, 5.41) is 2.63. The average Bonchev–Trinajstić information content (AvgIpc) is 2.39. The molecule has 0 aromatic carbocycles. The molecule has 0 aliphatic heterocycles. The number of nitrogen functional groups attached to an aromatic ring is 1. The molecule has 1 amide bonds. The van der Waals surface area contributed by atoms with Crippen molar-refractivity contribution in [2.24, 2.45) is 5.84 Å². The van der Waals surface area contributed by atoms with Crippen LogP contribution in [0.4, 0.5) is 11.6 Å². The number of nitrogens with one attached hydrogen (secondary N) is 2. The molecule has 2 aromatic rings. The number of amides is 1. The highest BCUT2D eigenvalue weighted by Crippen LogP contribution is 2.11. The van der Waals surface area contributed by atoms with Crippen LogP contribution in [0.25, 0.3) is 0 Å². The normalized spacial score (nSPS) is 9.89. The number of carbonyl (C=O) groups is 1. The van der Waals surface area contributed by atoms with E-state index in [-0.39, 0.29) is 5.91 Å². The molecule has 2 rings (SSSR count). The van der Waals surface area contributed by atoms with Gasteiger partial charge in [-0.2, -0.15) is 0 Å². The van der Waals surface area contributed by atoms with Gasteiger partial charge in [0.15, 0.2) is 5.82 Å². The molecule has 0 fully saturated rings. The fourth-order valence-corrected chi connectivity index (χ4v) is 1.43. The van der Waals surface area contributed by atoms with Crippen LogP contribution in [0.2, 0.25) is 0 Å². The number of rotatable bonds is 3. The number of anilines is 2. The van der Waals surface area contributed by atoms with Crippen LogP contribution in [0.15, 0.2) is 30.7 Å². The van der Waals surface area contributed by atoms with Gasteiger partial charge in [0.1, 0.15) is 5.82 Å². The lowest BCUT2D eigenvalue weighted by atomic mass is 10.2. The summed E-state index contributed by atoms with van der Waals surface area (Å²) in [6, 6.07) is 3.21. The molecule has 0 atom stereocenters. The highest BCUT2D eigenvalue weighted by Gasteiger charge is 2.09. The molecule has 18 heavy (non-hydrogen) atoms. The quantitative estimate of drug-likeness (QED) is 0.542. The second-order valence-electron chi connectivity index (χ2n) is 3.57. The predicted molar refractivity (Wildman–Crippen MR) is 66.8 cm³/mol. The summed E-state index contributed by atoms with van der Waals surface area (Å²) < 4.78 is 0. The monoisotopic (exact) mass is 244 g/mol. The number of nitrogens with zero attached hydrogens (tertiary/aromatic N) is 3. The van der Waals surface area contributed by atoms with Gasteiger partial charge in [0.05, 0.1) is 6.20 Å². The number of nitrogens with two attached hydrogens (primary N) is 1. The molecule has 0 aliphatic carbocycles. The van der Waals surface area contributed by atoms with Crippen molar-refractivity contribution in [2.75, 3.05) is 10.7 Å². The number of hydrogen-bond donors (Lipinski definition) is 3. The summed E-state index contributed by atoms with van der Waals surface area (Å²) in [4.78, 5) is 23.9. The Morgan fingerprint density at radius 1 is 1.28 bits per heavy atom. The van der Waals surface area contributed by atoms with E-state index in [9.17, 15) is 4.79 Å². The van der Waals surface area contributed by atoms with Crippen molar-refractivity contribution in [2.45, 2.75) is 6.92 Å². The fourth-order valence-electron chi connectivity index (χ4n) is 1.43. The van der Waals surface area contributed by atoms with E-state index in [1.165, 1.54) is 18.6 Å². The lowest BCUT2D eigenvalue weighted by Gasteiger charge is -2.06. The van der Waals surface area contributed by atoms with Crippen LogP contribution >= 0.6 is 0 Å². The summed E-state index contributed by atoms with van der Waals surface area (Å²) in [6.07, 6.45) is 4.50. The molecule has 4 N–H and O–H groups in total. The standard InChI is InChI=1S/C11H12N6O/c1-7-4-8(5-9(15-7)17-12)11(18)16-10-6-13-2-3-14-10/h2-6H,12H2,1H3,(H,15,17)(H,14,16,18). The Morgan fingerprint density at radius 2 is 2.11 bits per heavy atom. The van der Waals surface area contributed by atoms with Crippen molar-refractivity contribution in [1.29, 1.82) is 0 Å². The van der Waals surface area contributed by atoms with Gasteiger partial charge in [0, 0.05) is 23.7 Å². The Hall–Kier alpha value is -2.54. The molecule has 0 unspecified atom stereocenters. The summed E-state index contributed by atoms with van der Waals surface area (Å²) in [7, 11) is 0. The molecule has 92 valence electrons. The van der Waals surface area contributed by atoms with Crippen molar-refractivity contribution in [3.8, 4) is 0 Å². The average molecular weight is 244 g/mol. The predicted octanol–water partition coefficient (Wildman–Crippen LogP) is 0.718. The van der Waals surface area contributed by atoms with Crippen LogP contribution in [-0.2, 0) is 0 Å². The van der Waals surface area contributed by atoms with Gasteiger partial charge in [-0.3, -0.25) is 9.78 Å². The van der Waals surface area contributed by atoms with Gasteiger partial charge in [0.2, 0.25) is 0 Å². The minimum Gasteiger partial charge on any atom is -0.308 e. The SMILES string of the molecule is Cc1cc(C(=O)Nc2cnccn2)cc(NN)n1. The fraction of sp³-hybridized carbons (Fsp3) is 0.0909. The first-order valence-electron chi connectivity index (χ1n) is 5.21. The second-order valence-corrected chi connectivity index (χ2v) is 3.57. The molecule has 0 spiro atoms. The van der Waals surface area contributed by atoms with Crippen molar-refractivity contribution in [3.63, 3.8) is 0 Å². The first-order valence-corrected chi connectivity index (χ1v) is 5.21. The van der Waals surface area contributed by atoms with Crippen LogP contribution in [0.5, 0.6) is 0 Å². The van der Waals surface area contributed by atoms with Crippen molar-refractivity contribution < 1.29 is 4.79 Å². The van der Waals surface area contributed by atoms with Gasteiger partial charge < -0.3 is 10.7 Å². The van der Waals surface area contributed by atoms with E-state index < -0.39 is 0 Å².